The molecule has 23 heavy (non-hydrogen) atoms. The quantitative estimate of drug-likeness (QED) is 0.754. The number of hydrogen-bond donors (Lipinski definition) is 1. The lowest BCUT2D eigenvalue weighted by molar-refractivity contribution is 0.335. The Morgan fingerprint density at radius 2 is 2.09 bits per heavy atom. The van der Waals surface area contributed by atoms with E-state index in [1.165, 1.54) is 28.5 Å². The van der Waals surface area contributed by atoms with Gasteiger partial charge >= 0.3 is 0 Å². The molecule has 1 aliphatic rings. The van der Waals surface area contributed by atoms with Crippen LogP contribution in [0.1, 0.15) is 38.7 Å². The normalized spacial score (nSPS) is 17.4. The van der Waals surface area contributed by atoms with E-state index < -0.39 is 0 Å². The van der Waals surface area contributed by atoms with Crippen LogP contribution in [-0.4, -0.2) is 19.7 Å². The molecule has 0 amide bonds. The average Bonchev–Trinajstić information content (AvgIpc) is 3.12. The number of allylic oxidation sites excluding steroid dienone is 2. The van der Waals surface area contributed by atoms with Crippen molar-refractivity contribution >= 4 is 16.6 Å². The molecule has 0 unspecified atom stereocenters. The van der Waals surface area contributed by atoms with E-state index in [9.17, 15) is 0 Å². The van der Waals surface area contributed by atoms with Crippen molar-refractivity contribution in [1.29, 1.82) is 0 Å². The van der Waals surface area contributed by atoms with Crippen molar-refractivity contribution < 1.29 is 0 Å². The molecule has 4 heteroatoms. The Bertz CT molecular complexity index is 895. The van der Waals surface area contributed by atoms with E-state index in [-0.39, 0.29) is 0 Å². The fourth-order valence-electron chi connectivity index (χ4n) is 3.32. The van der Waals surface area contributed by atoms with Gasteiger partial charge in [-0.3, -0.25) is 4.68 Å². The van der Waals surface area contributed by atoms with Crippen LogP contribution in [0.5, 0.6) is 0 Å². The van der Waals surface area contributed by atoms with Gasteiger partial charge in [0.1, 0.15) is 5.65 Å². The SMILES string of the molecule is Cn1cc(-c2c[nH]c3ncc(C4=CCC(C)(C)CC4)cc23)cn1. The van der Waals surface area contributed by atoms with E-state index in [1.807, 2.05) is 36.5 Å². The average molecular weight is 306 g/mol. The molecule has 0 aliphatic heterocycles. The third-order valence-electron chi connectivity index (χ3n) is 4.89. The maximum atomic E-state index is 4.62. The number of nitrogens with zero attached hydrogens (tertiary/aromatic N) is 3. The zero-order valence-electron chi connectivity index (χ0n) is 13.9. The first-order valence-corrected chi connectivity index (χ1v) is 8.17. The van der Waals surface area contributed by atoms with Gasteiger partial charge < -0.3 is 4.98 Å². The Morgan fingerprint density at radius 1 is 1.22 bits per heavy atom. The second-order valence-electron chi connectivity index (χ2n) is 7.32. The summed E-state index contributed by atoms with van der Waals surface area (Å²) >= 11 is 0. The highest BCUT2D eigenvalue weighted by Gasteiger charge is 2.22. The predicted octanol–water partition coefficient (Wildman–Crippen LogP) is 4.56. The van der Waals surface area contributed by atoms with E-state index in [0.717, 1.165) is 24.1 Å². The molecule has 0 atom stereocenters. The van der Waals surface area contributed by atoms with Gasteiger partial charge in [0.15, 0.2) is 0 Å². The van der Waals surface area contributed by atoms with Crippen molar-refractivity contribution in [2.45, 2.75) is 33.1 Å². The van der Waals surface area contributed by atoms with E-state index in [1.54, 1.807) is 0 Å². The van der Waals surface area contributed by atoms with Crippen molar-refractivity contribution in [3.63, 3.8) is 0 Å². The Kier molecular flexibility index (Phi) is 3.15. The first kappa shape index (κ1) is 14.2. The Labute approximate surface area is 136 Å². The summed E-state index contributed by atoms with van der Waals surface area (Å²) < 4.78 is 1.83. The molecule has 118 valence electrons. The van der Waals surface area contributed by atoms with Crippen molar-refractivity contribution in [1.82, 2.24) is 19.7 Å². The fraction of sp³-hybridized carbons (Fsp3) is 0.368. The first-order chi connectivity index (χ1) is 11.0. The minimum atomic E-state index is 0.427. The summed E-state index contributed by atoms with van der Waals surface area (Å²) in [5.41, 5.74) is 6.32. The van der Waals surface area contributed by atoms with E-state index >= 15 is 0 Å². The highest BCUT2D eigenvalue weighted by molar-refractivity contribution is 5.94. The molecule has 3 aromatic heterocycles. The maximum Gasteiger partial charge on any atom is 0.137 e. The highest BCUT2D eigenvalue weighted by atomic mass is 15.2. The lowest BCUT2D eigenvalue weighted by Gasteiger charge is -2.28. The fourth-order valence-corrected chi connectivity index (χ4v) is 3.32. The Morgan fingerprint density at radius 3 is 2.78 bits per heavy atom. The molecular weight excluding hydrogens is 284 g/mol. The summed E-state index contributed by atoms with van der Waals surface area (Å²) in [6.45, 7) is 4.68. The molecule has 0 saturated heterocycles. The van der Waals surface area contributed by atoms with E-state index in [4.69, 9.17) is 0 Å². The largest absolute Gasteiger partial charge is 0.346 e. The van der Waals surface area contributed by atoms with Gasteiger partial charge in [-0.1, -0.05) is 19.9 Å². The van der Waals surface area contributed by atoms with Crippen LogP contribution in [0.3, 0.4) is 0 Å². The first-order valence-electron chi connectivity index (χ1n) is 8.17. The summed E-state index contributed by atoms with van der Waals surface area (Å²) in [7, 11) is 1.94. The molecule has 0 spiro atoms. The van der Waals surface area contributed by atoms with Gasteiger partial charge in [-0.05, 0) is 41.9 Å². The third-order valence-corrected chi connectivity index (χ3v) is 4.89. The molecule has 3 aromatic rings. The van der Waals surface area contributed by atoms with Crippen LogP contribution in [0, 0.1) is 5.41 Å². The number of nitrogens with one attached hydrogen (secondary N) is 1. The second-order valence-corrected chi connectivity index (χ2v) is 7.32. The molecule has 4 rings (SSSR count). The summed E-state index contributed by atoms with van der Waals surface area (Å²) in [6, 6.07) is 2.27. The summed E-state index contributed by atoms with van der Waals surface area (Å²) in [5, 5.41) is 5.45. The number of pyridine rings is 1. The molecule has 1 aliphatic carbocycles. The van der Waals surface area contributed by atoms with Gasteiger partial charge in [-0.2, -0.15) is 5.10 Å². The van der Waals surface area contributed by atoms with E-state index in [2.05, 4.69) is 41.1 Å². The highest BCUT2D eigenvalue weighted by Crippen LogP contribution is 2.38. The number of aromatic nitrogens is 4. The molecular formula is C19H22N4. The molecule has 0 saturated carbocycles. The zero-order chi connectivity index (χ0) is 16.0. The molecule has 0 bridgehead atoms. The van der Waals surface area contributed by atoms with Crippen LogP contribution in [0.25, 0.3) is 27.7 Å². The molecule has 0 fully saturated rings. The second kappa shape index (κ2) is 5.08. The van der Waals surface area contributed by atoms with Crippen molar-refractivity contribution in [2.24, 2.45) is 12.5 Å². The molecule has 3 heterocycles. The minimum absolute atomic E-state index is 0.427. The number of aryl methyl sites for hydroxylation is 1. The Balaban J connectivity index is 1.77. The number of hydrogen-bond acceptors (Lipinski definition) is 2. The maximum absolute atomic E-state index is 4.62. The number of aromatic amines is 1. The van der Waals surface area contributed by atoms with Crippen LogP contribution in [0.15, 0.2) is 36.9 Å². The lowest BCUT2D eigenvalue weighted by Crippen LogP contribution is -2.14. The molecule has 0 radical (unpaired) electrons. The van der Waals surface area contributed by atoms with Gasteiger partial charge in [0.2, 0.25) is 0 Å². The van der Waals surface area contributed by atoms with Crippen molar-refractivity contribution in [3.05, 3.63) is 42.5 Å². The molecule has 1 N–H and O–H groups in total. The summed E-state index contributed by atoms with van der Waals surface area (Å²) in [5.74, 6) is 0. The van der Waals surface area contributed by atoms with Crippen LogP contribution in [0.4, 0.5) is 0 Å². The minimum Gasteiger partial charge on any atom is -0.346 e. The number of fused-ring (bicyclic) bond motifs is 1. The molecule has 4 nitrogen and oxygen atoms in total. The van der Waals surface area contributed by atoms with Crippen LogP contribution in [0.2, 0.25) is 0 Å². The number of rotatable bonds is 2. The van der Waals surface area contributed by atoms with E-state index in [0.29, 0.717) is 5.41 Å². The standard InChI is InChI=1S/C19H22N4/c1-19(2)6-4-13(5-7-19)14-8-16-17(11-21-18(16)20-9-14)15-10-22-23(3)12-15/h4,8-12H,5-7H2,1-3H3,(H,20,21). The van der Waals surface area contributed by atoms with Gasteiger partial charge in [0, 0.05) is 42.2 Å². The van der Waals surface area contributed by atoms with Crippen LogP contribution >= 0.6 is 0 Å². The van der Waals surface area contributed by atoms with Gasteiger partial charge in [0.05, 0.1) is 6.20 Å². The van der Waals surface area contributed by atoms with Crippen molar-refractivity contribution in [3.8, 4) is 11.1 Å². The topological polar surface area (TPSA) is 46.5 Å². The van der Waals surface area contributed by atoms with Gasteiger partial charge in [-0.25, -0.2) is 4.98 Å². The predicted molar refractivity (Wildman–Crippen MR) is 93.9 cm³/mol. The third kappa shape index (κ3) is 2.58. The number of H-pyrrole nitrogens is 1. The zero-order valence-corrected chi connectivity index (χ0v) is 13.9. The smallest absolute Gasteiger partial charge is 0.137 e. The summed E-state index contributed by atoms with van der Waals surface area (Å²) in [4.78, 5) is 7.89. The Hall–Kier alpha value is -2.36. The molecule has 0 aromatic carbocycles. The lowest BCUT2D eigenvalue weighted by atomic mass is 9.77. The van der Waals surface area contributed by atoms with Gasteiger partial charge in [0.25, 0.3) is 0 Å². The van der Waals surface area contributed by atoms with Crippen LogP contribution < -0.4 is 0 Å². The van der Waals surface area contributed by atoms with Crippen molar-refractivity contribution in [2.75, 3.05) is 0 Å². The monoisotopic (exact) mass is 306 g/mol. The summed E-state index contributed by atoms with van der Waals surface area (Å²) in [6.07, 6.45) is 13.9. The van der Waals surface area contributed by atoms with Gasteiger partial charge in [-0.15, -0.1) is 0 Å². The van der Waals surface area contributed by atoms with Crippen LogP contribution in [-0.2, 0) is 7.05 Å².